The molecule has 0 spiro atoms. The van der Waals surface area contributed by atoms with Gasteiger partial charge in [0, 0.05) is 37.2 Å². The lowest BCUT2D eigenvalue weighted by Crippen LogP contribution is -2.25. The Morgan fingerprint density at radius 2 is 1.58 bits per heavy atom. The molecule has 0 aliphatic heterocycles. The quantitative estimate of drug-likeness (QED) is 0.295. The van der Waals surface area contributed by atoms with Crippen molar-refractivity contribution in [2.24, 2.45) is 0 Å². The largest absolute Gasteiger partial charge is 0.260 e. The number of aromatic nitrogens is 1. The molecule has 2 heteroatoms. The normalized spacial score (nSPS) is 14.8. The van der Waals surface area contributed by atoms with Gasteiger partial charge < -0.3 is 0 Å². The van der Waals surface area contributed by atoms with Gasteiger partial charge in [-0.2, -0.15) is 0 Å². The van der Waals surface area contributed by atoms with Crippen LogP contribution in [0.15, 0.2) is 66.9 Å². The number of rotatable bonds is 0. The lowest BCUT2D eigenvalue weighted by molar-refractivity contribution is 0.622. The minimum atomic E-state index is -0.0946. The Morgan fingerprint density at radius 3 is 2.50 bits per heavy atom. The molecule has 1 nitrogen and oxygen atoms in total. The van der Waals surface area contributed by atoms with Crippen molar-refractivity contribution in [3.05, 3.63) is 78.1 Å². The molecule has 0 saturated carbocycles. The van der Waals surface area contributed by atoms with Crippen molar-refractivity contribution >= 4 is 42.3 Å². The Balaban J connectivity index is 1.93. The zero-order chi connectivity index (χ0) is 17.5. The van der Waals surface area contributed by atoms with Gasteiger partial charge in [0.25, 0.3) is 0 Å². The molecule has 26 heavy (non-hydrogen) atoms. The van der Waals surface area contributed by atoms with Crippen molar-refractivity contribution in [2.45, 2.75) is 19.3 Å². The number of fused-ring (bicyclic) bond motifs is 6. The fraction of sp³-hybridized carbons (Fsp3) is 0.125. The predicted octanol–water partition coefficient (Wildman–Crippen LogP) is 6.91. The lowest BCUT2D eigenvalue weighted by atomic mass is 9.71. The Kier molecular flexibility index (Phi) is 2.62. The zero-order valence-corrected chi connectivity index (χ0v) is 15.5. The maximum absolute atomic E-state index is 4.86. The highest BCUT2D eigenvalue weighted by Gasteiger charge is 2.35. The van der Waals surface area contributed by atoms with E-state index in [2.05, 4.69) is 74.5 Å². The second-order valence-electron chi connectivity index (χ2n) is 7.65. The van der Waals surface area contributed by atoms with Crippen molar-refractivity contribution < 1.29 is 0 Å². The smallest absolute Gasteiger partial charge is 0.0588 e. The molecule has 0 bridgehead atoms. The Labute approximate surface area is 155 Å². The fourth-order valence-corrected chi connectivity index (χ4v) is 5.83. The van der Waals surface area contributed by atoms with Gasteiger partial charge in [-0.1, -0.05) is 56.3 Å². The monoisotopic (exact) mass is 351 g/mol. The molecule has 5 aromatic rings. The van der Waals surface area contributed by atoms with E-state index in [4.69, 9.17) is 4.98 Å². The van der Waals surface area contributed by atoms with Gasteiger partial charge in [0.15, 0.2) is 0 Å². The van der Waals surface area contributed by atoms with E-state index in [1.54, 1.807) is 0 Å². The molecule has 124 valence electrons. The maximum atomic E-state index is 4.86. The van der Waals surface area contributed by atoms with Crippen LogP contribution in [-0.2, 0) is 5.41 Å². The van der Waals surface area contributed by atoms with E-state index in [9.17, 15) is 0 Å². The molecule has 1 aliphatic carbocycles. The highest BCUT2D eigenvalue weighted by Crippen LogP contribution is 2.51. The van der Waals surface area contributed by atoms with Crippen molar-refractivity contribution in [1.29, 1.82) is 0 Å². The van der Waals surface area contributed by atoms with Crippen LogP contribution in [0.5, 0.6) is 0 Å². The van der Waals surface area contributed by atoms with Crippen LogP contribution in [0.4, 0.5) is 0 Å². The number of hydrogen-bond donors (Lipinski definition) is 0. The van der Waals surface area contributed by atoms with Gasteiger partial charge in [-0.05, 0) is 40.3 Å². The first-order valence-electron chi connectivity index (χ1n) is 8.99. The minimum absolute atomic E-state index is 0.0946. The van der Waals surface area contributed by atoms with Crippen LogP contribution < -0.4 is 0 Å². The summed E-state index contributed by atoms with van der Waals surface area (Å²) in [7, 11) is 0. The van der Waals surface area contributed by atoms with Crippen molar-refractivity contribution in [2.75, 3.05) is 0 Å². The number of thiophene rings is 1. The summed E-state index contributed by atoms with van der Waals surface area (Å²) in [6.45, 7) is 4.60. The van der Waals surface area contributed by atoms with Gasteiger partial charge in [0.05, 0.1) is 5.69 Å². The van der Waals surface area contributed by atoms with Crippen molar-refractivity contribution in [3.8, 4) is 11.1 Å². The van der Waals surface area contributed by atoms with Gasteiger partial charge in [-0.25, -0.2) is 0 Å². The van der Waals surface area contributed by atoms with Crippen LogP contribution in [0, 0.1) is 0 Å². The molecule has 0 radical (unpaired) electrons. The van der Waals surface area contributed by atoms with E-state index in [0.717, 1.165) is 0 Å². The van der Waals surface area contributed by atoms with Gasteiger partial charge in [0.1, 0.15) is 0 Å². The van der Waals surface area contributed by atoms with E-state index < -0.39 is 0 Å². The third-order valence-corrected chi connectivity index (χ3v) is 6.99. The Bertz CT molecular complexity index is 1360. The molecule has 0 fully saturated rings. The molecular weight excluding hydrogens is 334 g/mol. The lowest BCUT2D eigenvalue weighted by Gasteiger charge is -2.34. The first-order valence-corrected chi connectivity index (χ1v) is 9.81. The molecule has 2 heterocycles. The van der Waals surface area contributed by atoms with Crippen molar-refractivity contribution in [3.63, 3.8) is 0 Å². The number of pyridine rings is 1. The van der Waals surface area contributed by atoms with Crippen LogP contribution in [0.1, 0.15) is 25.1 Å². The minimum Gasteiger partial charge on any atom is -0.260 e. The van der Waals surface area contributed by atoms with E-state index in [-0.39, 0.29) is 5.41 Å². The third kappa shape index (κ3) is 1.63. The summed E-state index contributed by atoms with van der Waals surface area (Å²) in [5.41, 5.74) is 5.15. The van der Waals surface area contributed by atoms with E-state index in [1.807, 2.05) is 17.5 Å². The van der Waals surface area contributed by atoms with Crippen LogP contribution >= 0.6 is 11.3 Å². The second-order valence-corrected chi connectivity index (χ2v) is 8.73. The van der Waals surface area contributed by atoms with Gasteiger partial charge in [-0.15, -0.1) is 11.3 Å². The van der Waals surface area contributed by atoms with Crippen LogP contribution in [-0.4, -0.2) is 4.98 Å². The fourth-order valence-electron chi connectivity index (χ4n) is 4.67. The molecule has 0 N–H and O–H groups in total. The molecule has 6 rings (SSSR count). The second kappa shape index (κ2) is 4.72. The molecule has 3 aromatic carbocycles. The molecule has 1 aliphatic rings. The summed E-state index contributed by atoms with van der Waals surface area (Å²) in [6, 6.07) is 22.2. The maximum Gasteiger partial charge on any atom is 0.0588 e. The average molecular weight is 351 g/mol. The molecular formula is C24H17NS. The number of benzene rings is 3. The molecule has 2 aromatic heterocycles. The van der Waals surface area contributed by atoms with E-state index >= 15 is 0 Å². The average Bonchev–Trinajstić information content (AvgIpc) is 3.04. The predicted molar refractivity (Wildman–Crippen MR) is 112 cm³/mol. The topological polar surface area (TPSA) is 12.9 Å². The first kappa shape index (κ1) is 14.5. The highest BCUT2D eigenvalue weighted by molar-refractivity contribution is 7.26. The zero-order valence-electron chi connectivity index (χ0n) is 14.7. The number of hydrogen-bond acceptors (Lipinski definition) is 2. The Hall–Kier alpha value is -2.71. The van der Waals surface area contributed by atoms with Gasteiger partial charge in [-0.3, -0.25) is 4.98 Å². The SMILES string of the molecule is CC1(C)c2ccccc2-c2cc3sc4ccccc4c3c3ccnc1c23. The summed E-state index contributed by atoms with van der Waals surface area (Å²) < 4.78 is 2.71. The van der Waals surface area contributed by atoms with Crippen LogP contribution in [0.25, 0.3) is 42.1 Å². The molecule has 0 amide bonds. The standard InChI is InChI=1S/C24H17NS/c1-24(2)18-9-5-3-7-14(18)17-13-20-21(15-8-4-6-10-19(15)26-20)16-11-12-25-23(24)22(16)17/h3-13H,1-2H3. The molecule has 0 unspecified atom stereocenters. The summed E-state index contributed by atoms with van der Waals surface area (Å²) in [4.78, 5) is 4.86. The van der Waals surface area contributed by atoms with Crippen LogP contribution in [0.2, 0.25) is 0 Å². The molecule has 0 saturated heterocycles. The third-order valence-electron chi connectivity index (χ3n) is 5.87. The van der Waals surface area contributed by atoms with Crippen molar-refractivity contribution in [1.82, 2.24) is 4.98 Å². The summed E-state index contributed by atoms with van der Waals surface area (Å²) in [6.07, 6.45) is 1.99. The highest BCUT2D eigenvalue weighted by atomic mass is 32.1. The Morgan fingerprint density at radius 1 is 0.769 bits per heavy atom. The molecule has 0 atom stereocenters. The van der Waals surface area contributed by atoms with Gasteiger partial charge >= 0.3 is 0 Å². The summed E-state index contributed by atoms with van der Waals surface area (Å²) in [5.74, 6) is 0. The van der Waals surface area contributed by atoms with E-state index in [1.165, 1.54) is 53.3 Å². The van der Waals surface area contributed by atoms with Gasteiger partial charge in [0.2, 0.25) is 0 Å². The van der Waals surface area contributed by atoms with E-state index in [0.29, 0.717) is 0 Å². The summed E-state index contributed by atoms with van der Waals surface area (Å²) in [5, 5.41) is 5.39. The number of nitrogens with zero attached hydrogens (tertiary/aromatic N) is 1. The van der Waals surface area contributed by atoms with Crippen LogP contribution in [0.3, 0.4) is 0 Å². The first-order chi connectivity index (χ1) is 12.7. The summed E-state index contributed by atoms with van der Waals surface area (Å²) >= 11 is 1.89.